The first-order valence-corrected chi connectivity index (χ1v) is 12.9. The zero-order valence-corrected chi connectivity index (χ0v) is 19.6. The summed E-state index contributed by atoms with van der Waals surface area (Å²) in [5, 5.41) is 10.6. The average molecular weight is 492 g/mol. The zero-order valence-electron chi connectivity index (χ0n) is 17.3. The number of aromatic nitrogens is 2. The van der Waals surface area contributed by atoms with E-state index in [1.807, 2.05) is 12.1 Å². The van der Waals surface area contributed by atoms with Crippen LogP contribution in [0.15, 0.2) is 47.5 Å². The quantitative estimate of drug-likeness (QED) is 0.521. The summed E-state index contributed by atoms with van der Waals surface area (Å²) in [4.78, 5) is 7.84. The Morgan fingerprint density at radius 3 is 2.38 bits per heavy atom. The van der Waals surface area contributed by atoms with Gasteiger partial charge in [-0.3, -0.25) is 0 Å². The second-order valence-electron chi connectivity index (χ2n) is 8.43. The van der Waals surface area contributed by atoms with Gasteiger partial charge in [-0.05, 0) is 61.4 Å². The maximum Gasteiger partial charge on any atom is 0.244 e. The van der Waals surface area contributed by atoms with Crippen LogP contribution in [0.5, 0.6) is 0 Å². The molecular weight excluding hydrogens is 469 g/mol. The Labute approximate surface area is 197 Å². The van der Waals surface area contributed by atoms with E-state index >= 15 is 0 Å². The van der Waals surface area contributed by atoms with E-state index < -0.39 is 16.1 Å². The fraction of sp³-hybridized carbons (Fsp3) is 0.348. The standard InChI is InChI=1S/C23H23Cl2N3O3S/c24-19-6-4-16(12-22(19)32(30,31)28-9-7-17(29)8-10-28)23-26-13-21(27-23)15-3-5-18(14-1-2-14)20(25)11-15/h3-6,11-14,17,29H,1-2,7-10H2,(H,26,27). The van der Waals surface area contributed by atoms with Crippen molar-refractivity contribution in [2.75, 3.05) is 13.1 Å². The molecule has 0 radical (unpaired) electrons. The number of H-pyrrole nitrogens is 1. The Hall–Kier alpha value is -1.90. The first kappa shape index (κ1) is 21.9. The molecule has 5 rings (SSSR count). The van der Waals surface area contributed by atoms with Crippen LogP contribution in [-0.2, 0) is 10.0 Å². The number of hydrogen-bond acceptors (Lipinski definition) is 4. The Balaban J connectivity index is 1.44. The number of hydrogen-bond donors (Lipinski definition) is 2. The topological polar surface area (TPSA) is 86.3 Å². The summed E-state index contributed by atoms with van der Waals surface area (Å²) in [6, 6.07) is 10.9. The molecule has 3 aromatic rings. The van der Waals surface area contributed by atoms with Crippen molar-refractivity contribution in [3.05, 3.63) is 58.2 Å². The molecule has 1 saturated carbocycles. The second-order valence-corrected chi connectivity index (χ2v) is 11.1. The van der Waals surface area contributed by atoms with Crippen LogP contribution in [0.3, 0.4) is 0 Å². The van der Waals surface area contributed by atoms with Crippen molar-refractivity contribution in [3.8, 4) is 22.6 Å². The number of aliphatic hydroxyl groups is 1. The number of nitrogens with one attached hydrogen (secondary N) is 1. The van der Waals surface area contributed by atoms with E-state index in [1.54, 1.807) is 24.4 Å². The molecule has 0 spiro atoms. The lowest BCUT2D eigenvalue weighted by molar-refractivity contribution is 0.113. The number of halogens is 2. The van der Waals surface area contributed by atoms with Crippen LogP contribution >= 0.6 is 23.2 Å². The van der Waals surface area contributed by atoms with Crippen LogP contribution in [0.1, 0.15) is 37.2 Å². The first-order chi connectivity index (χ1) is 15.3. The molecule has 0 amide bonds. The van der Waals surface area contributed by atoms with Gasteiger partial charge < -0.3 is 10.1 Å². The molecule has 1 saturated heterocycles. The highest BCUT2D eigenvalue weighted by Gasteiger charge is 2.31. The fourth-order valence-electron chi connectivity index (χ4n) is 4.10. The lowest BCUT2D eigenvalue weighted by atomic mass is 10.1. The molecule has 0 unspecified atom stereocenters. The molecule has 1 aliphatic carbocycles. The van der Waals surface area contributed by atoms with E-state index in [0.29, 0.717) is 30.1 Å². The van der Waals surface area contributed by atoms with E-state index in [4.69, 9.17) is 23.2 Å². The van der Waals surface area contributed by atoms with E-state index in [1.165, 1.54) is 22.7 Å². The molecule has 9 heteroatoms. The third-order valence-corrected chi connectivity index (χ3v) is 8.84. The van der Waals surface area contributed by atoms with Crippen molar-refractivity contribution in [3.63, 3.8) is 0 Å². The van der Waals surface area contributed by atoms with E-state index in [2.05, 4.69) is 16.0 Å². The number of imidazole rings is 1. The van der Waals surface area contributed by atoms with Crippen molar-refractivity contribution in [1.82, 2.24) is 14.3 Å². The molecule has 168 valence electrons. The summed E-state index contributed by atoms with van der Waals surface area (Å²) >= 11 is 12.7. The average Bonchev–Trinajstić information content (AvgIpc) is 3.49. The highest BCUT2D eigenvalue weighted by Crippen LogP contribution is 2.44. The summed E-state index contributed by atoms with van der Waals surface area (Å²) in [6.07, 6.45) is 4.53. The van der Waals surface area contributed by atoms with Gasteiger partial charge in [0.1, 0.15) is 10.7 Å². The lowest BCUT2D eigenvalue weighted by Crippen LogP contribution is -2.40. The van der Waals surface area contributed by atoms with Gasteiger partial charge in [-0.25, -0.2) is 13.4 Å². The van der Waals surface area contributed by atoms with Crippen LogP contribution in [0.2, 0.25) is 10.0 Å². The number of aliphatic hydroxyl groups excluding tert-OH is 1. The Bertz CT molecular complexity index is 1260. The molecular formula is C23H23Cl2N3O3S. The van der Waals surface area contributed by atoms with Crippen LogP contribution in [0.25, 0.3) is 22.6 Å². The van der Waals surface area contributed by atoms with Crippen LogP contribution < -0.4 is 0 Å². The van der Waals surface area contributed by atoms with Gasteiger partial charge in [0.2, 0.25) is 10.0 Å². The largest absolute Gasteiger partial charge is 0.393 e. The van der Waals surface area contributed by atoms with E-state index in [0.717, 1.165) is 16.3 Å². The Morgan fingerprint density at radius 1 is 0.969 bits per heavy atom. The lowest BCUT2D eigenvalue weighted by Gasteiger charge is -2.29. The van der Waals surface area contributed by atoms with Crippen molar-refractivity contribution >= 4 is 33.2 Å². The third-order valence-electron chi connectivity index (χ3n) is 6.14. The molecule has 1 aromatic heterocycles. The monoisotopic (exact) mass is 491 g/mol. The van der Waals surface area contributed by atoms with Gasteiger partial charge in [-0.1, -0.05) is 35.3 Å². The summed E-state index contributed by atoms with van der Waals surface area (Å²) in [5.41, 5.74) is 3.44. The van der Waals surface area contributed by atoms with Crippen molar-refractivity contribution in [2.45, 2.75) is 42.6 Å². The number of aromatic amines is 1. The summed E-state index contributed by atoms with van der Waals surface area (Å²) in [5.74, 6) is 1.12. The molecule has 2 aromatic carbocycles. The highest BCUT2D eigenvalue weighted by atomic mass is 35.5. The minimum atomic E-state index is -3.77. The number of nitrogens with zero attached hydrogens (tertiary/aromatic N) is 2. The van der Waals surface area contributed by atoms with Crippen molar-refractivity contribution < 1.29 is 13.5 Å². The Kier molecular flexibility index (Phi) is 5.80. The van der Waals surface area contributed by atoms with Gasteiger partial charge in [-0.2, -0.15) is 4.31 Å². The maximum absolute atomic E-state index is 13.2. The molecule has 6 nitrogen and oxygen atoms in total. The van der Waals surface area contributed by atoms with Crippen molar-refractivity contribution in [1.29, 1.82) is 0 Å². The molecule has 2 aliphatic rings. The summed E-state index contributed by atoms with van der Waals surface area (Å²) in [7, 11) is -3.77. The number of sulfonamides is 1. The van der Waals surface area contributed by atoms with Crippen LogP contribution in [-0.4, -0.2) is 47.0 Å². The van der Waals surface area contributed by atoms with Gasteiger partial charge in [0.05, 0.1) is 16.8 Å². The molecule has 32 heavy (non-hydrogen) atoms. The predicted molar refractivity (Wildman–Crippen MR) is 125 cm³/mol. The SMILES string of the molecule is O=S(=O)(c1cc(-c2nc(-c3ccc(C4CC4)c(Cl)c3)c[nH]2)ccc1Cl)N1CCC(O)CC1. The molecule has 1 aliphatic heterocycles. The van der Waals surface area contributed by atoms with E-state index in [-0.39, 0.29) is 23.0 Å². The molecule has 2 heterocycles. The van der Waals surface area contributed by atoms with Crippen LogP contribution in [0.4, 0.5) is 0 Å². The first-order valence-electron chi connectivity index (χ1n) is 10.7. The number of piperidine rings is 1. The molecule has 2 N–H and O–H groups in total. The maximum atomic E-state index is 13.2. The molecule has 0 atom stereocenters. The zero-order chi connectivity index (χ0) is 22.5. The van der Waals surface area contributed by atoms with Crippen molar-refractivity contribution in [2.24, 2.45) is 0 Å². The molecule has 0 bridgehead atoms. The van der Waals surface area contributed by atoms with Gasteiger partial charge in [-0.15, -0.1) is 0 Å². The predicted octanol–water partition coefficient (Wildman–Crippen LogP) is 5.07. The molecule has 2 fully saturated rings. The summed E-state index contributed by atoms with van der Waals surface area (Å²) < 4.78 is 27.7. The minimum absolute atomic E-state index is 0.0443. The Morgan fingerprint density at radius 2 is 1.69 bits per heavy atom. The number of benzene rings is 2. The minimum Gasteiger partial charge on any atom is -0.393 e. The fourth-order valence-corrected chi connectivity index (χ4v) is 6.40. The van der Waals surface area contributed by atoms with Gasteiger partial charge in [0.25, 0.3) is 0 Å². The normalized spacial score (nSPS) is 18.2. The van der Waals surface area contributed by atoms with Gasteiger partial charge in [0.15, 0.2) is 0 Å². The highest BCUT2D eigenvalue weighted by molar-refractivity contribution is 7.89. The smallest absolute Gasteiger partial charge is 0.244 e. The van der Waals surface area contributed by atoms with Gasteiger partial charge in [0, 0.05) is 35.4 Å². The van der Waals surface area contributed by atoms with Gasteiger partial charge >= 0.3 is 0 Å². The summed E-state index contributed by atoms with van der Waals surface area (Å²) in [6.45, 7) is 0.541. The van der Waals surface area contributed by atoms with E-state index in [9.17, 15) is 13.5 Å². The third kappa shape index (κ3) is 4.20. The van der Waals surface area contributed by atoms with Crippen LogP contribution in [0, 0.1) is 0 Å². The number of rotatable bonds is 5. The second kappa shape index (κ2) is 8.47.